The summed E-state index contributed by atoms with van der Waals surface area (Å²) < 4.78 is 13.1. The van der Waals surface area contributed by atoms with Crippen molar-refractivity contribution in [1.82, 2.24) is 5.32 Å². The third-order valence-corrected chi connectivity index (χ3v) is 2.04. The average Bonchev–Trinajstić information content (AvgIpc) is 2.14. The van der Waals surface area contributed by atoms with Crippen molar-refractivity contribution in [3.8, 4) is 0 Å². The molecule has 0 aromatic heterocycles. The van der Waals surface area contributed by atoms with E-state index in [1.54, 1.807) is 13.8 Å². The van der Waals surface area contributed by atoms with Crippen molar-refractivity contribution >= 4 is 5.69 Å². The molecule has 0 radical (unpaired) electrons. The summed E-state index contributed by atoms with van der Waals surface area (Å²) in [5, 5.41) is 22.9. The van der Waals surface area contributed by atoms with Gasteiger partial charge in [-0.3, -0.25) is 10.1 Å². The quantitative estimate of drug-likeness (QED) is 0.607. The predicted octanol–water partition coefficient (Wildman–Crippen LogP) is 1.59. The number of nitrogens with zero attached hydrogens (tertiary/aromatic N) is 1. The fraction of sp³-hybridized carbons (Fsp3) is 0.455. The van der Waals surface area contributed by atoms with Crippen LogP contribution in [0.2, 0.25) is 0 Å². The third-order valence-electron chi connectivity index (χ3n) is 2.04. The third kappa shape index (κ3) is 4.88. The maximum atomic E-state index is 13.1. The zero-order valence-electron chi connectivity index (χ0n) is 9.74. The van der Waals surface area contributed by atoms with Gasteiger partial charge in [0.05, 0.1) is 16.6 Å². The monoisotopic (exact) mass is 242 g/mol. The number of rotatable bonds is 5. The molecule has 0 atom stereocenters. The van der Waals surface area contributed by atoms with Crippen LogP contribution in [0.4, 0.5) is 10.1 Å². The van der Waals surface area contributed by atoms with Crippen LogP contribution in [-0.2, 0) is 6.54 Å². The lowest BCUT2D eigenvalue weighted by atomic mass is 10.1. The molecule has 2 N–H and O–H groups in total. The molecular weight excluding hydrogens is 227 g/mol. The van der Waals surface area contributed by atoms with Gasteiger partial charge in [0.15, 0.2) is 0 Å². The van der Waals surface area contributed by atoms with E-state index in [-0.39, 0.29) is 12.2 Å². The molecule has 1 rings (SSSR count). The zero-order valence-corrected chi connectivity index (χ0v) is 9.74. The second-order valence-electron chi connectivity index (χ2n) is 4.49. The fourth-order valence-electron chi connectivity index (χ4n) is 1.35. The first kappa shape index (κ1) is 13.5. The highest BCUT2D eigenvalue weighted by atomic mass is 19.1. The standard InChI is InChI=1S/C11H15FN2O3/c1-11(2,15)7-13-6-8-3-9(12)5-10(4-8)14(16)17/h3-5,13,15H,6-7H2,1-2H3. The molecule has 94 valence electrons. The number of nitrogens with one attached hydrogen (secondary N) is 1. The van der Waals surface area contributed by atoms with E-state index in [1.165, 1.54) is 12.1 Å². The molecule has 0 aliphatic rings. The Labute approximate surface area is 98.4 Å². The number of non-ortho nitro benzene ring substituents is 1. The van der Waals surface area contributed by atoms with E-state index in [4.69, 9.17) is 0 Å². The normalized spacial score (nSPS) is 11.5. The van der Waals surface area contributed by atoms with E-state index in [0.717, 1.165) is 6.07 Å². The molecule has 0 saturated heterocycles. The molecule has 0 saturated carbocycles. The van der Waals surface area contributed by atoms with Gasteiger partial charge in [-0.15, -0.1) is 0 Å². The van der Waals surface area contributed by atoms with E-state index in [9.17, 15) is 19.6 Å². The van der Waals surface area contributed by atoms with Crippen LogP contribution in [-0.4, -0.2) is 22.2 Å². The predicted molar refractivity (Wildman–Crippen MR) is 61.1 cm³/mol. The average molecular weight is 242 g/mol. The lowest BCUT2D eigenvalue weighted by molar-refractivity contribution is -0.385. The van der Waals surface area contributed by atoms with Crippen LogP contribution < -0.4 is 5.32 Å². The number of nitro benzene ring substituents is 1. The molecule has 0 heterocycles. The first-order valence-corrected chi connectivity index (χ1v) is 5.15. The number of hydrogen-bond donors (Lipinski definition) is 2. The Morgan fingerprint density at radius 3 is 2.65 bits per heavy atom. The van der Waals surface area contributed by atoms with Gasteiger partial charge >= 0.3 is 0 Å². The summed E-state index contributed by atoms with van der Waals surface area (Å²) in [4.78, 5) is 9.88. The summed E-state index contributed by atoms with van der Waals surface area (Å²) in [5.41, 5.74) is -0.676. The van der Waals surface area contributed by atoms with Crippen LogP contribution in [0, 0.1) is 15.9 Å². The number of nitro groups is 1. The highest BCUT2D eigenvalue weighted by Crippen LogP contribution is 2.16. The number of benzene rings is 1. The largest absolute Gasteiger partial charge is 0.389 e. The Morgan fingerprint density at radius 1 is 1.47 bits per heavy atom. The molecule has 0 fully saturated rings. The number of aliphatic hydroxyl groups is 1. The van der Waals surface area contributed by atoms with Gasteiger partial charge in [0.25, 0.3) is 5.69 Å². The summed E-state index contributed by atoms with van der Waals surface area (Å²) in [5.74, 6) is -0.640. The van der Waals surface area contributed by atoms with Crippen LogP contribution >= 0.6 is 0 Å². The van der Waals surface area contributed by atoms with Crippen molar-refractivity contribution in [2.75, 3.05) is 6.54 Å². The molecule has 1 aromatic carbocycles. The van der Waals surface area contributed by atoms with E-state index < -0.39 is 16.3 Å². The first-order chi connectivity index (χ1) is 7.78. The summed E-state index contributed by atoms with van der Waals surface area (Å²) >= 11 is 0. The molecule has 0 spiro atoms. The number of hydrogen-bond acceptors (Lipinski definition) is 4. The van der Waals surface area contributed by atoms with E-state index >= 15 is 0 Å². The lowest BCUT2D eigenvalue weighted by Gasteiger charge is -2.17. The Morgan fingerprint density at radius 2 is 2.12 bits per heavy atom. The molecule has 0 unspecified atom stereocenters. The highest BCUT2D eigenvalue weighted by Gasteiger charge is 2.13. The minimum absolute atomic E-state index is 0.266. The maximum absolute atomic E-state index is 13.1. The highest BCUT2D eigenvalue weighted by molar-refractivity contribution is 5.35. The van der Waals surface area contributed by atoms with Crippen molar-refractivity contribution in [3.05, 3.63) is 39.7 Å². The first-order valence-electron chi connectivity index (χ1n) is 5.15. The SMILES string of the molecule is CC(C)(O)CNCc1cc(F)cc([N+](=O)[O-])c1. The topological polar surface area (TPSA) is 75.4 Å². The minimum atomic E-state index is -0.876. The van der Waals surface area contributed by atoms with Crippen molar-refractivity contribution in [3.63, 3.8) is 0 Å². The van der Waals surface area contributed by atoms with Crippen molar-refractivity contribution in [1.29, 1.82) is 0 Å². The van der Waals surface area contributed by atoms with Crippen LogP contribution in [0.1, 0.15) is 19.4 Å². The second-order valence-corrected chi connectivity index (χ2v) is 4.49. The zero-order chi connectivity index (χ0) is 13.1. The van der Waals surface area contributed by atoms with E-state index in [1.807, 2.05) is 0 Å². The van der Waals surface area contributed by atoms with Crippen LogP contribution in [0.3, 0.4) is 0 Å². The van der Waals surface area contributed by atoms with Crippen LogP contribution in [0.25, 0.3) is 0 Å². The summed E-state index contributed by atoms with van der Waals surface area (Å²) in [6.45, 7) is 3.85. The van der Waals surface area contributed by atoms with Gasteiger partial charge in [0.2, 0.25) is 0 Å². The van der Waals surface area contributed by atoms with Gasteiger partial charge in [-0.2, -0.15) is 0 Å². The minimum Gasteiger partial charge on any atom is -0.389 e. The van der Waals surface area contributed by atoms with E-state index in [2.05, 4.69) is 5.32 Å². The van der Waals surface area contributed by atoms with Crippen molar-refractivity contribution < 1.29 is 14.4 Å². The maximum Gasteiger partial charge on any atom is 0.272 e. The Hall–Kier alpha value is -1.53. The van der Waals surface area contributed by atoms with Crippen molar-refractivity contribution in [2.45, 2.75) is 26.0 Å². The Balaban J connectivity index is 2.68. The fourth-order valence-corrected chi connectivity index (χ4v) is 1.35. The van der Waals surface area contributed by atoms with E-state index in [0.29, 0.717) is 12.1 Å². The van der Waals surface area contributed by atoms with Crippen LogP contribution in [0.15, 0.2) is 18.2 Å². The van der Waals surface area contributed by atoms with Gasteiger partial charge in [0, 0.05) is 19.2 Å². The lowest BCUT2D eigenvalue weighted by Crippen LogP contribution is -2.34. The second kappa shape index (κ2) is 5.20. The molecular formula is C11H15FN2O3. The summed E-state index contributed by atoms with van der Waals surface area (Å²) in [7, 11) is 0. The van der Waals surface area contributed by atoms with Gasteiger partial charge in [-0.1, -0.05) is 0 Å². The van der Waals surface area contributed by atoms with Crippen LogP contribution in [0.5, 0.6) is 0 Å². The molecule has 1 aromatic rings. The van der Waals surface area contributed by atoms with Crippen molar-refractivity contribution in [2.24, 2.45) is 0 Å². The Bertz CT molecular complexity index is 416. The van der Waals surface area contributed by atoms with Gasteiger partial charge in [-0.25, -0.2) is 4.39 Å². The Kier molecular flexibility index (Phi) is 4.14. The molecule has 6 heteroatoms. The number of halogens is 1. The summed E-state index contributed by atoms with van der Waals surface area (Å²) in [6, 6.07) is 3.41. The molecule has 5 nitrogen and oxygen atoms in total. The molecule has 0 aliphatic heterocycles. The van der Waals surface area contributed by atoms with Gasteiger partial charge in [-0.05, 0) is 25.5 Å². The van der Waals surface area contributed by atoms with Gasteiger partial charge < -0.3 is 10.4 Å². The smallest absolute Gasteiger partial charge is 0.272 e. The molecule has 0 aliphatic carbocycles. The summed E-state index contributed by atoms with van der Waals surface area (Å²) in [6.07, 6.45) is 0. The molecule has 17 heavy (non-hydrogen) atoms. The van der Waals surface area contributed by atoms with Gasteiger partial charge in [0.1, 0.15) is 5.82 Å². The molecule has 0 amide bonds. The molecule has 0 bridgehead atoms.